The van der Waals surface area contributed by atoms with Crippen LogP contribution in [0.15, 0.2) is 0 Å². The van der Waals surface area contributed by atoms with Gasteiger partial charge in [0.25, 0.3) is 6.47 Å². The first kappa shape index (κ1) is 19.9. The van der Waals surface area contributed by atoms with E-state index in [0.29, 0.717) is 54.7 Å². The number of fused-ring (bicyclic) bond motifs is 5. The lowest BCUT2D eigenvalue weighted by molar-refractivity contribution is -0.164. The first-order valence-electron chi connectivity index (χ1n) is 11.3. The Bertz CT molecular complexity index is 684. The first-order chi connectivity index (χ1) is 13.3. The van der Waals surface area contributed by atoms with Crippen LogP contribution in [0, 0.1) is 57.7 Å². The maximum absolute atomic E-state index is 13.4. The molecule has 0 aromatic heterocycles. The number of carbonyl (C=O) groups excluding carboxylic acids is 2. The van der Waals surface area contributed by atoms with Crippen LogP contribution in [0.3, 0.4) is 0 Å². The smallest absolute Gasteiger partial charge is 0.293 e. The Kier molecular flexibility index (Phi) is 5.09. The minimum absolute atomic E-state index is 0.00327. The van der Waals surface area contributed by atoms with E-state index in [1.165, 1.54) is 12.8 Å². The Balaban J connectivity index is 1.59. The fourth-order valence-electron chi connectivity index (χ4n) is 8.36. The van der Waals surface area contributed by atoms with Crippen molar-refractivity contribution in [3.8, 4) is 6.07 Å². The number of carbonyl (C=O) groups is 2. The van der Waals surface area contributed by atoms with Crippen molar-refractivity contribution in [2.45, 2.75) is 84.7 Å². The zero-order valence-corrected chi connectivity index (χ0v) is 17.7. The molecule has 0 bridgehead atoms. The standard InChI is InChI=1S/C24H35NO3/c1-15(8-11-25)18-4-5-19-22-20(7-10-24(18,19)3)23(2)9-6-17(28-14-26)12-16(23)13-21(22)27/h14-20,22H,4-10,12-13H2,1-3H3/t15-,16+,17-,18-,19+,20+,22+,23+,24-/m1/s1. The summed E-state index contributed by atoms with van der Waals surface area (Å²) in [5.74, 6) is 3.03. The third-order valence-corrected chi connectivity index (χ3v) is 9.84. The number of rotatable bonds is 4. The molecule has 0 spiro atoms. The SMILES string of the molecule is C[C@H](CC#N)[C@H]1CC[C@H]2[C@@H]3C(=O)C[C@@H]4C[C@H](OC=O)CC[C@]4(C)[C@H]3CC[C@]12C. The molecule has 154 valence electrons. The Labute approximate surface area is 169 Å². The summed E-state index contributed by atoms with van der Waals surface area (Å²) in [4.78, 5) is 24.2. The van der Waals surface area contributed by atoms with Gasteiger partial charge in [0.05, 0.1) is 6.07 Å². The molecule has 0 aromatic carbocycles. The first-order valence-corrected chi connectivity index (χ1v) is 11.3. The highest BCUT2D eigenvalue weighted by molar-refractivity contribution is 5.83. The molecule has 4 heteroatoms. The monoisotopic (exact) mass is 385 g/mol. The van der Waals surface area contributed by atoms with Crippen molar-refractivity contribution in [1.29, 1.82) is 5.26 Å². The van der Waals surface area contributed by atoms with Crippen molar-refractivity contribution in [3.63, 3.8) is 0 Å². The maximum Gasteiger partial charge on any atom is 0.293 e. The van der Waals surface area contributed by atoms with Gasteiger partial charge in [0.2, 0.25) is 0 Å². The van der Waals surface area contributed by atoms with Crippen molar-refractivity contribution < 1.29 is 14.3 Å². The lowest BCUT2D eigenvalue weighted by atomic mass is 9.44. The molecule has 28 heavy (non-hydrogen) atoms. The fourth-order valence-corrected chi connectivity index (χ4v) is 8.36. The number of ketones is 1. The normalized spacial score (nSPS) is 48.6. The van der Waals surface area contributed by atoms with Crippen molar-refractivity contribution in [2.24, 2.45) is 46.3 Å². The van der Waals surface area contributed by atoms with Gasteiger partial charge in [-0.1, -0.05) is 20.8 Å². The van der Waals surface area contributed by atoms with Crippen molar-refractivity contribution in [3.05, 3.63) is 0 Å². The Hall–Kier alpha value is -1.37. The molecule has 4 rings (SSSR count). The third-order valence-electron chi connectivity index (χ3n) is 9.84. The van der Waals surface area contributed by atoms with Gasteiger partial charge >= 0.3 is 0 Å². The van der Waals surface area contributed by atoms with E-state index in [9.17, 15) is 14.9 Å². The summed E-state index contributed by atoms with van der Waals surface area (Å²) >= 11 is 0. The van der Waals surface area contributed by atoms with Gasteiger partial charge in [-0.05, 0) is 85.4 Å². The van der Waals surface area contributed by atoms with E-state index in [-0.39, 0.29) is 22.9 Å². The minimum Gasteiger partial charge on any atom is -0.465 e. The van der Waals surface area contributed by atoms with Gasteiger partial charge < -0.3 is 4.74 Å². The molecule has 4 aliphatic rings. The van der Waals surface area contributed by atoms with Gasteiger partial charge in [0.1, 0.15) is 11.9 Å². The van der Waals surface area contributed by atoms with Gasteiger partial charge in [-0.15, -0.1) is 0 Å². The number of hydrogen-bond acceptors (Lipinski definition) is 4. The zero-order chi connectivity index (χ0) is 20.1. The van der Waals surface area contributed by atoms with E-state index in [4.69, 9.17) is 4.74 Å². The molecule has 0 heterocycles. The number of nitriles is 1. The minimum atomic E-state index is -0.00327. The van der Waals surface area contributed by atoms with Crippen LogP contribution >= 0.6 is 0 Å². The molecule has 0 radical (unpaired) electrons. The topological polar surface area (TPSA) is 67.2 Å². The van der Waals surface area contributed by atoms with Crippen LogP contribution in [-0.4, -0.2) is 18.4 Å². The fraction of sp³-hybridized carbons (Fsp3) is 0.875. The molecule has 4 nitrogen and oxygen atoms in total. The molecular formula is C24H35NO3. The van der Waals surface area contributed by atoms with E-state index in [2.05, 4.69) is 26.8 Å². The molecule has 0 aliphatic heterocycles. The molecular weight excluding hydrogens is 350 g/mol. The highest BCUT2D eigenvalue weighted by atomic mass is 16.5. The molecule has 4 fully saturated rings. The van der Waals surface area contributed by atoms with Gasteiger partial charge in [0.15, 0.2) is 0 Å². The van der Waals surface area contributed by atoms with Crippen LogP contribution in [0.1, 0.15) is 78.6 Å². The number of hydrogen-bond donors (Lipinski definition) is 0. The molecule has 4 saturated carbocycles. The lowest BCUT2D eigenvalue weighted by Gasteiger charge is -2.60. The Morgan fingerprint density at radius 3 is 2.61 bits per heavy atom. The van der Waals surface area contributed by atoms with E-state index in [0.717, 1.165) is 32.1 Å². The van der Waals surface area contributed by atoms with E-state index >= 15 is 0 Å². The molecule has 0 N–H and O–H groups in total. The number of nitrogens with zero attached hydrogens (tertiary/aromatic N) is 1. The van der Waals surface area contributed by atoms with Crippen LogP contribution in [-0.2, 0) is 14.3 Å². The predicted molar refractivity (Wildman–Crippen MR) is 106 cm³/mol. The quantitative estimate of drug-likeness (QED) is 0.645. The van der Waals surface area contributed by atoms with Crippen molar-refractivity contribution in [2.75, 3.05) is 0 Å². The van der Waals surface area contributed by atoms with Crippen LogP contribution in [0.2, 0.25) is 0 Å². The molecule has 0 aromatic rings. The second-order valence-corrected chi connectivity index (χ2v) is 10.8. The molecule has 0 unspecified atom stereocenters. The average Bonchev–Trinajstić information content (AvgIpc) is 3.00. The van der Waals surface area contributed by atoms with Crippen LogP contribution in [0.5, 0.6) is 0 Å². The van der Waals surface area contributed by atoms with E-state index in [1.54, 1.807) is 0 Å². The molecule has 4 aliphatic carbocycles. The third kappa shape index (κ3) is 2.84. The highest BCUT2D eigenvalue weighted by Crippen LogP contribution is 2.67. The van der Waals surface area contributed by atoms with Crippen molar-refractivity contribution >= 4 is 12.3 Å². The highest BCUT2D eigenvalue weighted by Gasteiger charge is 2.63. The van der Waals surface area contributed by atoms with Crippen LogP contribution < -0.4 is 0 Å². The lowest BCUT2D eigenvalue weighted by Crippen LogP contribution is -2.57. The largest absolute Gasteiger partial charge is 0.465 e. The molecule has 0 saturated heterocycles. The zero-order valence-electron chi connectivity index (χ0n) is 17.7. The van der Waals surface area contributed by atoms with E-state index in [1.807, 2.05) is 0 Å². The summed E-state index contributed by atoms with van der Waals surface area (Å²) in [5, 5.41) is 9.19. The van der Waals surface area contributed by atoms with E-state index < -0.39 is 0 Å². The van der Waals surface area contributed by atoms with Gasteiger partial charge in [-0.25, -0.2) is 0 Å². The Morgan fingerprint density at radius 1 is 1.18 bits per heavy atom. The maximum atomic E-state index is 13.4. The van der Waals surface area contributed by atoms with Gasteiger partial charge in [-0.2, -0.15) is 5.26 Å². The summed E-state index contributed by atoms with van der Waals surface area (Å²) in [7, 11) is 0. The predicted octanol–water partition coefficient (Wildman–Crippen LogP) is 4.92. The summed E-state index contributed by atoms with van der Waals surface area (Å²) in [6.07, 6.45) is 8.83. The Morgan fingerprint density at radius 2 is 1.89 bits per heavy atom. The molecule has 9 atom stereocenters. The summed E-state index contributed by atoms with van der Waals surface area (Å²) in [5.41, 5.74) is 0.424. The van der Waals surface area contributed by atoms with Gasteiger partial charge in [-0.3, -0.25) is 9.59 Å². The summed E-state index contributed by atoms with van der Waals surface area (Å²) < 4.78 is 5.28. The second-order valence-electron chi connectivity index (χ2n) is 10.8. The average molecular weight is 386 g/mol. The summed E-state index contributed by atoms with van der Waals surface area (Å²) in [6, 6.07) is 2.38. The molecule has 0 amide bonds. The van der Waals surface area contributed by atoms with Crippen LogP contribution in [0.25, 0.3) is 0 Å². The van der Waals surface area contributed by atoms with Crippen molar-refractivity contribution in [1.82, 2.24) is 0 Å². The number of ether oxygens (including phenoxy) is 1. The summed E-state index contributed by atoms with van der Waals surface area (Å²) in [6.45, 7) is 7.66. The van der Waals surface area contributed by atoms with Gasteiger partial charge in [0, 0.05) is 18.8 Å². The van der Waals surface area contributed by atoms with Crippen LogP contribution in [0.4, 0.5) is 0 Å². The number of Topliss-reactive ketones (excluding diaryl/α,β-unsaturated/α-hetero) is 1. The second kappa shape index (κ2) is 7.15.